The van der Waals surface area contributed by atoms with Gasteiger partial charge in [-0.1, -0.05) is 23.8 Å². The number of nitro groups is 2. The Morgan fingerprint density at radius 3 is 2.47 bits per heavy atom. The zero-order chi connectivity index (χ0) is 26.1. The van der Waals surface area contributed by atoms with Gasteiger partial charge in [0.25, 0.3) is 5.69 Å². The Kier molecular flexibility index (Phi) is 6.52. The monoisotopic (exact) mass is 488 g/mol. The molecule has 10 nitrogen and oxygen atoms in total. The average Bonchev–Trinajstić information content (AvgIpc) is 2.83. The molecule has 0 unspecified atom stereocenters. The molecule has 0 radical (unpaired) electrons. The zero-order valence-electron chi connectivity index (χ0n) is 20.2. The van der Waals surface area contributed by atoms with Crippen LogP contribution < -0.4 is 4.74 Å². The van der Waals surface area contributed by atoms with Gasteiger partial charge in [0.15, 0.2) is 5.69 Å². The fourth-order valence-corrected chi connectivity index (χ4v) is 4.21. The summed E-state index contributed by atoms with van der Waals surface area (Å²) >= 11 is 0. The lowest BCUT2D eigenvalue weighted by Gasteiger charge is -2.23. The quantitative estimate of drug-likeness (QED) is 0.155. The number of allylic oxidation sites excluding steroid dienone is 3. The third kappa shape index (κ3) is 4.40. The lowest BCUT2D eigenvalue weighted by molar-refractivity contribution is -0.393. The van der Waals surface area contributed by atoms with Crippen LogP contribution in [0.4, 0.5) is 22.7 Å². The second kappa shape index (κ2) is 9.57. The number of aromatic hydroxyl groups is 1. The molecule has 1 aliphatic heterocycles. The molecule has 0 aromatic heterocycles. The number of non-ortho nitro benzene ring substituents is 1. The molecule has 3 aromatic carbocycles. The Labute approximate surface area is 206 Å². The number of hydrogen-bond donors (Lipinski definition) is 1. The van der Waals surface area contributed by atoms with Crippen molar-refractivity contribution < 1.29 is 19.7 Å². The molecule has 0 fully saturated rings. The van der Waals surface area contributed by atoms with Gasteiger partial charge >= 0.3 is 5.69 Å². The van der Waals surface area contributed by atoms with Crippen molar-refractivity contribution in [1.82, 2.24) is 0 Å². The summed E-state index contributed by atoms with van der Waals surface area (Å²) in [5, 5.41) is 43.2. The fourth-order valence-electron chi connectivity index (χ4n) is 4.21. The number of aryl methyl sites for hydroxylation is 1. The molecule has 0 aliphatic carbocycles. The molecule has 184 valence electrons. The number of nitro benzene ring substituents is 2. The van der Waals surface area contributed by atoms with Crippen LogP contribution in [0.2, 0.25) is 0 Å². The van der Waals surface area contributed by atoms with Gasteiger partial charge in [0.2, 0.25) is 0 Å². The maximum Gasteiger partial charge on any atom is 0.303 e. The van der Waals surface area contributed by atoms with Crippen LogP contribution >= 0.6 is 0 Å². The number of nitrogens with zero attached hydrogens (tertiary/aromatic N) is 4. The molecule has 0 bridgehead atoms. The van der Waals surface area contributed by atoms with Crippen LogP contribution in [0.25, 0.3) is 16.3 Å². The number of phenols is 1. The molecule has 1 aliphatic rings. The second-order valence-electron chi connectivity index (χ2n) is 8.80. The molecule has 0 amide bonds. The molecular weight excluding hydrogens is 464 g/mol. The van der Waals surface area contributed by atoms with Crippen molar-refractivity contribution in [3.05, 3.63) is 85.2 Å². The topological polar surface area (TPSA) is 140 Å². The van der Waals surface area contributed by atoms with E-state index in [0.29, 0.717) is 16.7 Å². The number of phenolic OH excluding ortho intramolecular Hbond substituents is 1. The Hall–Kier alpha value is -4.60. The highest BCUT2D eigenvalue weighted by Crippen LogP contribution is 2.51. The molecule has 4 rings (SSSR count). The predicted molar refractivity (Wildman–Crippen MR) is 136 cm³/mol. The molecule has 36 heavy (non-hydrogen) atoms. The van der Waals surface area contributed by atoms with E-state index in [-0.39, 0.29) is 17.1 Å². The first kappa shape index (κ1) is 24.5. The number of benzene rings is 3. The summed E-state index contributed by atoms with van der Waals surface area (Å²) in [4.78, 5) is 21.1. The Morgan fingerprint density at radius 1 is 1.06 bits per heavy atom. The van der Waals surface area contributed by atoms with Crippen LogP contribution in [-0.2, 0) is 0 Å². The van der Waals surface area contributed by atoms with E-state index in [4.69, 9.17) is 4.74 Å². The van der Waals surface area contributed by atoms with E-state index in [1.165, 1.54) is 5.57 Å². The fraction of sp³-hybridized carbons (Fsp3) is 0.231. The lowest BCUT2D eigenvalue weighted by Crippen LogP contribution is -2.02. The highest BCUT2D eigenvalue weighted by molar-refractivity contribution is 6.09. The van der Waals surface area contributed by atoms with Crippen LogP contribution in [0, 0.1) is 34.1 Å². The summed E-state index contributed by atoms with van der Waals surface area (Å²) in [6.45, 7) is 7.66. The standard InChI is InChI=1S/C26H24N4O6/c1-14(2)6-5-7-17-13-36-26-16(4)25(31)24(22-15(3)8-10-19(17)23(22)26)28-27-20-11-9-18(29(32)33)12-21(20)30(34)35/h6,8-13,31H,5,7H2,1-4H3. The van der Waals surface area contributed by atoms with Gasteiger partial charge in [-0.25, -0.2) is 0 Å². The van der Waals surface area contributed by atoms with Crippen molar-refractivity contribution in [2.45, 2.75) is 40.5 Å². The zero-order valence-corrected chi connectivity index (χ0v) is 20.2. The number of ether oxygens (including phenoxy) is 1. The molecule has 1 N–H and O–H groups in total. The van der Waals surface area contributed by atoms with Crippen LogP contribution in [0.3, 0.4) is 0 Å². The van der Waals surface area contributed by atoms with Gasteiger partial charge in [0.1, 0.15) is 17.2 Å². The van der Waals surface area contributed by atoms with Gasteiger partial charge in [-0.3, -0.25) is 20.2 Å². The molecule has 3 aromatic rings. The summed E-state index contributed by atoms with van der Waals surface area (Å²) in [7, 11) is 0. The van der Waals surface area contributed by atoms with Gasteiger partial charge < -0.3 is 9.84 Å². The summed E-state index contributed by atoms with van der Waals surface area (Å²) < 4.78 is 5.97. The van der Waals surface area contributed by atoms with E-state index in [9.17, 15) is 25.3 Å². The first-order valence-electron chi connectivity index (χ1n) is 11.2. The largest absolute Gasteiger partial charge is 0.505 e. The SMILES string of the molecule is CC(C)=CCCC1=COc2c(C)c(O)c(N=Nc3ccc([N+](=O)[O-])cc3[N+](=O)[O-])c3c(C)ccc1c23. The van der Waals surface area contributed by atoms with Crippen molar-refractivity contribution in [3.8, 4) is 11.5 Å². The minimum Gasteiger partial charge on any atom is -0.505 e. The summed E-state index contributed by atoms with van der Waals surface area (Å²) in [6, 6.07) is 7.04. The maximum absolute atomic E-state index is 11.5. The number of azo groups is 1. The summed E-state index contributed by atoms with van der Waals surface area (Å²) in [5.74, 6) is 0.361. The predicted octanol–water partition coefficient (Wildman–Crippen LogP) is 7.87. The van der Waals surface area contributed by atoms with Crippen molar-refractivity contribution in [3.63, 3.8) is 0 Å². The molecule has 0 saturated carbocycles. The van der Waals surface area contributed by atoms with Gasteiger partial charge in [-0.05, 0) is 63.3 Å². The highest BCUT2D eigenvalue weighted by atomic mass is 16.6. The molecule has 0 atom stereocenters. The van der Waals surface area contributed by atoms with Gasteiger partial charge in [-0.2, -0.15) is 0 Å². The molecule has 0 spiro atoms. The molecular formula is C26H24N4O6. The van der Waals surface area contributed by atoms with Crippen molar-refractivity contribution in [1.29, 1.82) is 0 Å². The van der Waals surface area contributed by atoms with Crippen molar-refractivity contribution in [2.24, 2.45) is 10.2 Å². The first-order chi connectivity index (χ1) is 17.1. The average molecular weight is 489 g/mol. The highest BCUT2D eigenvalue weighted by Gasteiger charge is 2.26. The second-order valence-corrected chi connectivity index (χ2v) is 8.80. The van der Waals surface area contributed by atoms with Crippen LogP contribution in [0.1, 0.15) is 43.4 Å². The minimum atomic E-state index is -0.757. The van der Waals surface area contributed by atoms with E-state index in [2.05, 4.69) is 16.3 Å². The summed E-state index contributed by atoms with van der Waals surface area (Å²) in [5.41, 5.74) is 3.45. The van der Waals surface area contributed by atoms with Crippen LogP contribution in [-0.4, -0.2) is 15.0 Å². The number of rotatable bonds is 7. The van der Waals surface area contributed by atoms with E-state index < -0.39 is 21.2 Å². The first-order valence-corrected chi connectivity index (χ1v) is 11.2. The maximum atomic E-state index is 11.5. The van der Waals surface area contributed by atoms with E-state index in [1.807, 2.05) is 32.9 Å². The molecule has 1 heterocycles. The van der Waals surface area contributed by atoms with Gasteiger partial charge in [0, 0.05) is 22.4 Å². The lowest BCUT2D eigenvalue weighted by atomic mass is 9.89. The third-order valence-electron chi connectivity index (χ3n) is 6.05. The minimum absolute atomic E-state index is 0.146. The Morgan fingerprint density at radius 2 is 1.81 bits per heavy atom. The van der Waals surface area contributed by atoms with E-state index in [0.717, 1.165) is 53.1 Å². The third-order valence-corrected chi connectivity index (χ3v) is 6.05. The van der Waals surface area contributed by atoms with Crippen LogP contribution in [0.5, 0.6) is 11.5 Å². The van der Waals surface area contributed by atoms with E-state index >= 15 is 0 Å². The van der Waals surface area contributed by atoms with Gasteiger partial charge in [0.05, 0.1) is 22.2 Å². The van der Waals surface area contributed by atoms with Gasteiger partial charge in [-0.15, -0.1) is 10.2 Å². The summed E-state index contributed by atoms with van der Waals surface area (Å²) in [6.07, 6.45) is 5.46. The molecule has 10 heteroatoms. The van der Waals surface area contributed by atoms with Crippen molar-refractivity contribution >= 4 is 39.1 Å². The van der Waals surface area contributed by atoms with Crippen LogP contribution in [0.15, 0.2) is 58.5 Å². The Balaban J connectivity index is 1.88. The normalized spacial score (nSPS) is 12.4. The van der Waals surface area contributed by atoms with E-state index in [1.54, 1.807) is 13.2 Å². The number of hydrogen-bond acceptors (Lipinski definition) is 8. The van der Waals surface area contributed by atoms with Crippen molar-refractivity contribution in [2.75, 3.05) is 0 Å². The smallest absolute Gasteiger partial charge is 0.303 e. The molecule has 0 saturated heterocycles. The Bertz CT molecular complexity index is 1520.